The molecule has 0 saturated heterocycles. The first-order chi connectivity index (χ1) is 5.63. The molecule has 0 aliphatic rings. The van der Waals surface area contributed by atoms with Gasteiger partial charge in [0.1, 0.15) is 11.2 Å². The van der Waals surface area contributed by atoms with Crippen molar-refractivity contribution in [3.05, 3.63) is 0 Å². The molecule has 0 rings (SSSR count). The van der Waals surface area contributed by atoms with Gasteiger partial charge in [-0.2, -0.15) is 0 Å². The summed E-state index contributed by atoms with van der Waals surface area (Å²) in [7, 11) is -1.41. The fraction of sp³-hybridized carbons (Fsp3) is 0.857. The highest BCUT2D eigenvalue weighted by atomic mass is 32.2. The highest BCUT2D eigenvalue weighted by Gasteiger charge is 2.21. The monoisotopic (exact) mass is 194 g/mol. The van der Waals surface area contributed by atoms with Gasteiger partial charge in [0.25, 0.3) is 0 Å². The van der Waals surface area contributed by atoms with Crippen LogP contribution in [0.15, 0.2) is 0 Å². The number of aliphatic carboxylic acids is 1. The lowest BCUT2D eigenvalue weighted by Gasteiger charge is -2.08. The second-order valence-corrected chi connectivity index (χ2v) is 3.79. The van der Waals surface area contributed by atoms with Gasteiger partial charge in [0.05, 0.1) is 10.8 Å². The molecule has 0 aliphatic carbocycles. The molecule has 2 unspecified atom stereocenters. The molecule has 0 aromatic heterocycles. The Labute approximate surface area is 74.4 Å². The number of hydrogen-bond donors (Lipinski definition) is 1. The van der Waals surface area contributed by atoms with E-state index in [1.165, 1.54) is 0 Å². The van der Waals surface area contributed by atoms with Crippen molar-refractivity contribution in [1.82, 2.24) is 0 Å². The van der Waals surface area contributed by atoms with Crippen LogP contribution in [0.2, 0.25) is 0 Å². The van der Waals surface area contributed by atoms with E-state index in [0.717, 1.165) is 0 Å². The predicted molar refractivity (Wildman–Crippen MR) is 46.4 cm³/mol. The maximum Gasteiger partial charge on any atom is 0.319 e. The molecule has 0 aromatic rings. The third-order valence-electron chi connectivity index (χ3n) is 1.37. The molecular weight excluding hydrogens is 180 g/mol. The van der Waals surface area contributed by atoms with E-state index in [-0.39, 0.29) is 5.94 Å². The molecule has 12 heavy (non-hydrogen) atoms. The Morgan fingerprint density at radius 2 is 2.17 bits per heavy atom. The summed E-state index contributed by atoms with van der Waals surface area (Å²) < 4.78 is 16.0. The standard InChI is InChI=1S/C7H14O4S/c1-3-6(7(8)9)12(10)5-11-4-2/h6H,3-5H2,1-2H3,(H,8,9). The summed E-state index contributed by atoms with van der Waals surface area (Å²) in [5.74, 6) is -1.00. The molecule has 72 valence electrons. The van der Waals surface area contributed by atoms with E-state index < -0.39 is 22.0 Å². The van der Waals surface area contributed by atoms with Gasteiger partial charge in [-0.1, -0.05) is 6.92 Å². The number of hydrogen-bond acceptors (Lipinski definition) is 3. The van der Waals surface area contributed by atoms with Gasteiger partial charge in [-0.3, -0.25) is 9.00 Å². The third-order valence-corrected chi connectivity index (χ3v) is 2.94. The van der Waals surface area contributed by atoms with Crippen molar-refractivity contribution >= 4 is 16.8 Å². The van der Waals surface area contributed by atoms with E-state index in [1.807, 2.05) is 0 Å². The molecule has 0 saturated carbocycles. The number of carboxylic acid groups (broad SMARTS) is 1. The van der Waals surface area contributed by atoms with E-state index in [2.05, 4.69) is 0 Å². The first kappa shape index (κ1) is 11.6. The van der Waals surface area contributed by atoms with E-state index in [4.69, 9.17) is 9.84 Å². The highest BCUT2D eigenvalue weighted by Crippen LogP contribution is 2.02. The van der Waals surface area contributed by atoms with Crippen LogP contribution in [-0.2, 0) is 20.3 Å². The summed E-state index contributed by atoms with van der Waals surface area (Å²) in [5, 5.41) is 7.80. The van der Waals surface area contributed by atoms with E-state index in [1.54, 1.807) is 13.8 Å². The Kier molecular flexibility index (Phi) is 5.92. The number of carbonyl (C=O) groups is 1. The van der Waals surface area contributed by atoms with Crippen LogP contribution in [-0.4, -0.2) is 33.1 Å². The molecule has 0 amide bonds. The molecule has 0 radical (unpaired) electrons. The quantitative estimate of drug-likeness (QED) is 0.672. The minimum Gasteiger partial charge on any atom is -0.480 e. The first-order valence-corrected chi connectivity index (χ1v) is 5.19. The van der Waals surface area contributed by atoms with Gasteiger partial charge in [-0.25, -0.2) is 0 Å². The molecule has 0 heterocycles. The van der Waals surface area contributed by atoms with Gasteiger partial charge in [0.15, 0.2) is 0 Å². The second-order valence-electron chi connectivity index (χ2n) is 2.23. The van der Waals surface area contributed by atoms with Crippen molar-refractivity contribution in [2.24, 2.45) is 0 Å². The molecule has 0 aromatic carbocycles. The van der Waals surface area contributed by atoms with Crippen molar-refractivity contribution in [3.8, 4) is 0 Å². The average Bonchev–Trinajstić information content (AvgIpc) is 2.01. The molecule has 1 N–H and O–H groups in total. The number of carboxylic acids is 1. The molecule has 0 bridgehead atoms. The minimum absolute atomic E-state index is 0.0152. The Hall–Kier alpha value is -0.420. The minimum atomic E-state index is -1.41. The molecule has 0 aliphatic heterocycles. The van der Waals surface area contributed by atoms with Crippen LogP contribution in [0.1, 0.15) is 20.3 Å². The summed E-state index contributed by atoms with van der Waals surface area (Å²) >= 11 is 0. The van der Waals surface area contributed by atoms with Gasteiger partial charge in [0.2, 0.25) is 0 Å². The number of rotatable bonds is 6. The summed E-state index contributed by atoms with van der Waals surface area (Å²) in [5.41, 5.74) is 0. The zero-order valence-corrected chi connectivity index (χ0v) is 8.10. The number of ether oxygens (including phenoxy) is 1. The zero-order valence-electron chi connectivity index (χ0n) is 7.28. The Bertz CT molecular complexity index is 169. The van der Waals surface area contributed by atoms with Crippen molar-refractivity contribution < 1.29 is 18.8 Å². The average molecular weight is 194 g/mol. The highest BCUT2D eigenvalue weighted by molar-refractivity contribution is 7.86. The van der Waals surface area contributed by atoms with Gasteiger partial charge >= 0.3 is 5.97 Å². The Morgan fingerprint density at radius 3 is 2.50 bits per heavy atom. The molecule has 5 heteroatoms. The fourth-order valence-electron chi connectivity index (χ4n) is 0.721. The van der Waals surface area contributed by atoms with Crippen molar-refractivity contribution in [1.29, 1.82) is 0 Å². The summed E-state index contributed by atoms with van der Waals surface area (Å²) in [4.78, 5) is 10.5. The smallest absolute Gasteiger partial charge is 0.319 e. The summed E-state index contributed by atoms with van der Waals surface area (Å²) in [6, 6.07) is 0. The van der Waals surface area contributed by atoms with Crippen LogP contribution < -0.4 is 0 Å². The Balaban J connectivity index is 3.95. The molecule has 0 fully saturated rings. The van der Waals surface area contributed by atoms with Gasteiger partial charge < -0.3 is 9.84 Å². The normalized spacial score (nSPS) is 15.5. The van der Waals surface area contributed by atoms with Crippen LogP contribution in [0.25, 0.3) is 0 Å². The third kappa shape index (κ3) is 3.82. The van der Waals surface area contributed by atoms with Gasteiger partial charge in [0, 0.05) is 6.61 Å². The molecule has 2 atom stereocenters. The van der Waals surface area contributed by atoms with Crippen LogP contribution in [0, 0.1) is 0 Å². The van der Waals surface area contributed by atoms with Crippen molar-refractivity contribution in [3.63, 3.8) is 0 Å². The van der Waals surface area contributed by atoms with Crippen LogP contribution in [0.4, 0.5) is 0 Å². The lowest BCUT2D eigenvalue weighted by Crippen LogP contribution is -2.27. The van der Waals surface area contributed by atoms with Gasteiger partial charge in [-0.05, 0) is 13.3 Å². The van der Waals surface area contributed by atoms with Crippen LogP contribution in [0.5, 0.6) is 0 Å². The van der Waals surface area contributed by atoms with Crippen LogP contribution >= 0.6 is 0 Å². The fourth-order valence-corrected chi connectivity index (χ4v) is 1.81. The first-order valence-electron chi connectivity index (χ1n) is 3.81. The summed E-state index contributed by atoms with van der Waals surface area (Å²) in [6.07, 6.45) is 0.370. The lowest BCUT2D eigenvalue weighted by molar-refractivity contribution is -0.136. The molecule has 4 nitrogen and oxygen atoms in total. The second kappa shape index (κ2) is 6.14. The Morgan fingerprint density at radius 1 is 1.58 bits per heavy atom. The van der Waals surface area contributed by atoms with E-state index >= 15 is 0 Å². The maximum absolute atomic E-state index is 11.2. The maximum atomic E-state index is 11.2. The topological polar surface area (TPSA) is 63.6 Å². The largest absolute Gasteiger partial charge is 0.480 e. The van der Waals surface area contributed by atoms with Crippen molar-refractivity contribution in [2.45, 2.75) is 25.5 Å². The lowest BCUT2D eigenvalue weighted by atomic mass is 10.3. The SMILES string of the molecule is CCOCS(=O)C(CC)C(=O)O. The van der Waals surface area contributed by atoms with Crippen LogP contribution in [0.3, 0.4) is 0 Å². The molecular formula is C7H14O4S. The van der Waals surface area contributed by atoms with Gasteiger partial charge in [-0.15, -0.1) is 0 Å². The van der Waals surface area contributed by atoms with E-state index in [0.29, 0.717) is 13.0 Å². The molecule has 0 spiro atoms. The summed E-state index contributed by atoms with van der Waals surface area (Å²) in [6.45, 7) is 3.93. The van der Waals surface area contributed by atoms with E-state index in [9.17, 15) is 9.00 Å². The predicted octanol–water partition coefficient (Wildman–Crippen LogP) is 0.592. The van der Waals surface area contributed by atoms with Crippen molar-refractivity contribution in [2.75, 3.05) is 12.5 Å². The zero-order chi connectivity index (χ0) is 9.56.